The highest BCUT2D eigenvalue weighted by atomic mass is 16.5. The number of hydrogen-bond donors (Lipinski definition) is 1. The van der Waals surface area contributed by atoms with Crippen LogP contribution >= 0.6 is 0 Å². The topological polar surface area (TPSA) is 64.5 Å². The van der Waals surface area contributed by atoms with Crippen molar-refractivity contribution in [2.75, 3.05) is 7.11 Å². The van der Waals surface area contributed by atoms with Crippen LogP contribution in [0.3, 0.4) is 0 Å². The molecule has 0 bridgehead atoms. The Morgan fingerprint density at radius 1 is 1.29 bits per heavy atom. The molecule has 1 N–H and O–H groups in total. The van der Waals surface area contributed by atoms with Gasteiger partial charge in [-0.25, -0.2) is 4.98 Å². The van der Waals surface area contributed by atoms with Crippen LogP contribution in [0.15, 0.2) is 30.6 Å². The first kappa shape index (κ1) is 13.8. The fraction of sp³-hybridized carbons (Fsp3) is 0.375. The molecule has 0 fully saturated rings. The van der Waals surface area contributed by atoms with Gasteiger partial charge in [0.1, 0.15) is 23.1 Å². The molecule has 0 saturated carbocycles. The molecule has 2 aromatic rings. The minimum atomic E-state index is -0.933. The van der Waals surface area contributed by atoms with Crippen LogP contribution in [-0.4, -0.2) is 27.8 Å². The highest BCUT2D eigenvalue weighted by Gasteiger charge is 2.34. The summed E-state index contributed by atoms with van der Waals surface area (Å²) in [5, 5.41) is 10.7. The second-order valence-corrected chi connectivity index (χ2v) is 5.73. The number of rotatable bonds is 3. The molecule has 0 aliphatic carbocycles. The van der Waals surface area contributed by atoms with Gasteiger partial charge >= 0.3 is 0 Å². The SMILES string of the molecule is COc1nccnc1C(O)c1cccc2c1OC(C)(C)C2. The van der Waals surface area contributed by atoms with Crippen molar-refractivity contribution in [2.45, 2.75) is 32.0 Å². The minimum absolute atomic E-state index is 0.259. The monoisotopic (exact) mass is 286 g/mol. The summed E-state index contributed by atoms with van der Waals surface area (Å²) in [6, 6.07) is 5.79. The molecule has 0 saturated heterocycles. The van der Waals surface area contributed by atoms with E-state index in [4.69, 9.17) is 9.47 Å². The molecule has 0 radical (unpaired) electrons. The van der Waals surface area contributed by atoms with Crippen LogP contribution in [-0.2, 0) is 6.42 Å². The Kier molecular flexibility index (Phi) is 3.29. The first-order chi connectivity index (χ1) is 10.0. The van der Waals surface area contributed by atoms with Crippen LogP contribution in [0.25, 0.3) is 0 Å². The number of methoxy groups -OCH3 is 1. The van der Waals surface area contributed by atoms with Gasteiger partial charge in [-0.15, -0.1) is 0 Å². The van der Waals surface area contributed by atoms with E-state index in [-0.39, 0.29) is 5.60 Å². The van der Waals surface area contributed by atoms with E-state index in [9.17, 15) is 5.11 Å². The summed E-state index contributed by atoms with van der Waals surface area (Å²) < 4.78 is 11.2. The number of nitrogens with zero attached hydrogens (tertiary/aromatic N) is 2. The Balaban J connectivity index is 2.05. The number of aliphatic hydroxyl groups is 1. The smallest absolute Gasteiger partial charge is 0.238 e. The summed E-state index contributed by atoms with van der Waals surface area (Å²) in [5.41, 5.74) is 1.92. The molecule has 5 nitrogen and oxygen atoms in total. The van der Waals surface area contributed by atoms with Crippen LogP contribution in [0.5, 0.6) is 11.6 Å². The Bertz CT molecular complexity index is 670. The van der Waals surface area contributed by atoms with Crippen LogP contribution < -0.4 is 9.47 Å². The molecule has 1 aliphatic heterocycles. The number of aliphatic hydroxyl groups excluding tert-OH is 1. The zero-order valence-corrected chi connectivity index (χ0v) is 12.3. The fourth-order valence-electron chi connectivity index (χ4n) is 2.68. The lowest BCUT2D eigenvalue weighted by Crippen LogP contribution is -2.25. The molecule has 110 valence electrons. The molecule has 21 heavy (non-hydrogen) atoms. The molecule has 1 aromatic heterocycles. The van der Waals surface area contributed by atoms with Crippen LogP contribution in [0, 0.1) is 0 Å². The zero-order chi connectivity index (χ0) is 15.0. The van der Waals surface area contributed by atoms with Gasteiger partial charge in [0.2, 0.25) is 5.88 Å². The van der Waals surface area contributed by atoms with Crippen molar-refractivity contribution < 1.29 is 14.6 Å². The van der Waals surface area contributed by atoms with Crippen molar-refractivity contribution in [2.24, 2.45) is 0 Å². The largest absolute Gasteiger partial charge is 0.487 e. The Hall–Kier alpha value is -2.14. The van der Waals surface area contributed by atoms with E-state index in [0.29, 0.717) is 17.1 Å². The highest BCUT2D eigenvalue weighted by Crippen LogP contribution is 2.41. The number of fused-ring (bicyclic) bond motifs is 1. The molecular weight excluding hydrogens is 268 g/mol. The van der Waals surface area contributed by atoms with Crippen molar-refractivity contribution in [1.29, 1.82) is 0 Å². The van der Waals surface area contributed by atoms with Gasteiger partial charge in [-0.3, -0.25) is 4.98 Å². The molecule has 2 heterocycles. The van der Waals surface area contributed by atoms with Crippen molar-refractivity contribution >= 4 is 0 Å². The van der Waals surface area contributed by atoms with Gasteiger partial charge in [-0.2, -0.15) is 0 Å². The summed E-state index contributed by atoms with van der Waals surface area (Å²) in [6.45, 7) is 4.07. The number of ether oxygens (including phenoxy) is 2. The van der Waals surface area contributed by atoms with E-state index >= 15 is 0 Å². The standard InChI is InChI=1S/C16H18N2O3/c1-16(2)9-10-5-4-6-11(14(10)21-16)13(19)12-15(20-3)18-8-7-17-12/h4-8,13,19H,9H2,1-3H3. The highest BCUT2D eigenvalue weighted by molar-refractivity contribution is 5.49. The third kappa shape index (κ3) is 2.45. The van der Waals surface area contributed by atoms with Gasteiger partial charge in [-0.05, 0) is 19.4 Å². The lowest BCUT2D eigenvalue weighted by atomic mass is 9.98. The molecule has 1 aromatic carbocycles. The lowest BCUT2D eigenvalue weighted by Gasteiger charge is -2.20. The average Bonchev–Trinajstić information content (AvgIpc) is 2.80. The molecule has 5 heteroatoms. The first-order valence-corrected chi connectivity index (χ1v) is 6.85. The van der Waals surface area contributed by atoms with Gasteiger partial charge in [0.05, 0.1) is 7.11 Å². The van der Waals surface area contributed by atoms with Crippen molar-refractivity contribution in [1.82, 2.24) is 9.97 Å². The number of aromatic nitrogens is 2. The number of hydrogen-bond acceptors (Lipinski definition) is 5. The van der Waals surface area contributed by atoms with Gasteiger partial charge in [0.25, 0.3) is 0 Å². The summed E-state index contributed by atoms with van der Waals surface area (Å²) in [5.74, 6) is 1.06. The first-order valence-electron chi connectivity index (χ1n) is 6.85. The summed E-state index contributed by atoms with van der Waals surface area (Å²) >= 11 is 0. The van der Waals surface area contributed by atoms with E-state index in [1.807, 2.05) is 32.0 Å². The van der Waals surface area contributed by atoms with Crippen LogP contribution in [0.1, 0.15) is 36.8 Å². The van der Waals surface area contributed by atoms with E-state index < -0.39 is 6.10 Å². The van der Waals surface area contributed by atoms with E-state index in [1.54, 1.807) is 0 Å². The van der Waals surface area contributed by atoms with E-state index in [2.05, 4.69) is 9.97 Å². The van der Waals surface area contributed by atoms with Crippen molar-refractivity contribution in [3.05, 3.63) is 47.4 Å². The second-order valence-electron chi connectivity index (χ2n) is 5.73. The Morgan fingerprint density at radius 2 is 2.05 bits per heavy atom. The third-order valence-electron chi connectivity index (χ3n) is 3.56. The van der Waals surface area contributed by atoms with E-state index in [0.717, 1.165) is 17.7 Å². The lowest BCUT2D eigenvalue weighted by molar-refractivity contribution is 0.130. The average molecular weight is 286 g/mol. The van der Waals surface area contributed by atoms with E-state index in [1.165, 1.54) is 19.5 Å². The van der Waals surface area contributed by atoms with Gasteiger partial charge in [0, 0.05) is 24.4 Å². The quantitative estimate of drug-likeness (QED) is 0.937. The molecular formula is C16H18N2O3. The van der Waals surface area contributed by atoms with Gasteiger partial charge in [0.15, 0.2) is 0 Å². The molecule has 3 rings (SSSR count). The Labute approximate surface area is 123 Å². The maximum Gasteiger partial charge on any atom is 0.238 e. The second kappa shape index (κ2) is 5.00. The molecule has 1 unspecified atom stereocenters. The maximum absolute atomic E-state index is 10.7. The normalized spacial score (nSPS) is 17.0. The predicted octanol–water partition coefficient (Wildman–Crippen LogP) is 2.28. The zero-order valence-electron chi connectivity index (χ0n) is 12.3. The van der Waals surface area contributed by atoms with Gasteiger partial charge < -0.3 is 14.6 Å². The van der Waals surface area contributed by atoms with Gasteiger partial charge in [-0.1, -0.05) is 18.2 Å². The molecule has 0 amide bonds. The summed E-state index contributed by atoms with van der Waals surface area (Å²) in [6.07, 6.45) is 2.96. The van der Waals surface area contributed by atoms with Crippen molar-refractivity contribution in [3.8, 4) is 11.6 Å². The maximum atomic E-state index is 10.7. The summed E-state index contributed by atoms with van der Waals surface area (Å²) in [4.78, 5) is 8.27. The minimum Gasteiger partial charge on any atom is -0.487 e. The number of benzene rings is 1. The molecule has 1 atom stereocenters. The molecule has 0 spiro atoms. The number of para-hydroxylation sites is 1. The van der Waals surface area contributed by atoms with Crippen LogP contribution in [0.4, 0.5) is 0 Å². The fourth-order valence-corrected chi connectivity index (χ4v) is 2.68. The Morgan fingerprint density at radius 3 is 2.81 bits per heavy atom. The predicted molar refractivity (Wildman–Crippen MR) is 77.5 cm³/mol. The van der Waals surface area contributed by atoms with Crippen molar-refractivity contribution in [3.63, 3.8) is 0 Å². The third-order valence-corrected chi connectivity index (χ3v) is 3.56. The van der Waals surface area contributed by atoms with Crippen LogP contribution in [0.2, 0.25) is 0 Å². The molecule has 1 aliphatic rings. The summed E-state index contributed by atoms with van der Waals surface area (Å²) in [7, 11) is 1.51.